The molecule has 0 atom stereocenters. The van der Waals surface area contributed by atoms with E-state index < -0.39 is 35.8 Å². The van der Waals surface area contributed by atoms with Crippen LogP contribution in [-0.4, -0.2) is 50.8 Å². The number of halogens is 5. The fraction of sp³-hybridized carbons (Fsp3) is 0.308. The lowest BCUT2D eigenvalue weighted by molar-refractivity contribution is -0.141. The third kappa shape index (κ3) is 6.59. The molecule has 0 N–H and O–H groups in total. The molecule has 0 spiro atoms. The van der Waals surface area contributed by atoms with Crippen molar-refractivity contribution in [1.29, 1.82) is 0 Å². The van der Waals surface area contributed by atoms with Crippen molar-refractivity contribution < 1.29 is 36.4 Å². The first-order valence-electron chi connectivity index (χ1n) is 11.8. The quantitative estimate of drug-likeness (QED) is 0.188. The van der Waals surface area contributed by atoms with Crippen LogP contribution in [0.5, 0.6) is 5.75 Å². The molecular weight excluding hydrogens is 525 g/mol. The lowest BCUT2D eigenvalue weighted by Gasteiger charge is -2.32. The van der Waals surface area contributed by atoms with Gasteiger partial charge < -0.3 is 9.74 Å². The number of aldehydes is 1. The maximum absolute atomic E-state index is 14.0. The van der Waals surface area contributed by atoms with Crippen LogP contribution in [0.3, 0.4) is 0 Å². The summed E-state index contributed by atoms with van der Waals surface area (Å²) >= 11 is 0. The third-order valence-corrected chi connectivity index (χ3v) is 6.22. The number of benzene rings is 1. The number of carbonyl (C=O) groups excluding carboxylic acids is 2. The predicted octanol–water partition coefficient (Wildman–Crippen LogP) is 4.41. The van der Waals surface area contributed by atoms with Crippen molar-refractivity contribution in [1.82, 2.24) is 19.9 Å². The highest BCUT2D eigenvalue weighted by Crippen LogP contribution is 2.31. The van der Waals surface area contributed by atoms with E-state index in [0.29, 0.717) is 36.7 Å². The number of hydrogen-bond acceptors (Lipinski definition) is 7. The van der Waals surface area contributed by atoms with Crippen LogP contribution >= 0.6 is 0 Å². The van der Waals surface area contributed by atoms with E-state index in [2.05, 4.69) is 20.1 Å². The Bertz CT molecular complexity index is 1380. The summed E-state index contributed by atoms with van der Waals surface area (Å²) in [5, 5.41) is 3.74. The highest BCUT2D eigenvalue weighted by molar-refractivity contribution is 6.36. The summed E-state index contributed by atoms with van der Waals surface area (Å²) < 4.78 is 66.7. The van der Waals surface area contributed by atoms with Gasteiger partial charge in [-0.05, 0) is 31.9 Å². The average Bonchev–Trinajstić information content (AvgIpc) is 2.91. The highest BCUT2D eigenvalue weighted by atomic mass is 19.4. The van der Waals surface area contributed by atoms with Crippen LogP contribution in [0.25, 0.3) is 0 Å². The number of hydrogen-bond donors (Lipinski definition) is 0. The van der Waals surface area contributed by atoms with Gasteiger partial charge in [-0.2, -0.15) is 13.2 Å². The minimum Gasteiger partial charge on any atom is -0.356 e. The number of aryl methyl sites for hydroxylation is 1. The number of alkyl halides is 3. The maximum Gasteiger partial charge on any atom is 0.433 e. The van der Waals surface area contributed by atoms with Crippen LogP contribution in [0, 0.1) is 18.6 Å². The van der Waals surface area contributed by atoms with Crippen molar-refractivity contribution in [2.24, 2.45) is 5.16 Å². The van der Waals surface area contributed by atoms with E-state index in [-0.39, 0.29) is 41.6 Å². The molecule has 2 aromatic heterocycles. The van der Waals surface area contributed by atoms with Crippen LogP contribution in [-0.2, 0) is 22.2 Å². The van der Waals surface area contributed by atoms with E-state index >= 15 is 0 Å². The fourth-order valence-electron chi connectivity index (χ4n) is 4.22. The molecule has 13 heteroatoms. The van der Waals surface area contributed by atoms with E-state index in [4.69, 9.17) is 4.84 Å². The molecule has 0 bridgehead atoms. The SMILES string of the molecule is Cc1ncc(C(C=O)=NOc2ccnc(C(F)(F)F)c2)c(C2CCN(C(=O)Cc3c(F)cccc3F)CC2)n1. The van der Waals surface area contributed by atoms with E-state index in [1.165, 1.54) is 17.2 Å². The first kappa shape index (κ1) is 27.7. The molecule has 1 saturated heterocycles. The Morgan fingerprint density at radius 2 is 1.85 bits per heavy atom. The van der Waals surface area contributed by atoms with Crippen LogP contribution in [0.4, 0.5) is 22.0 Å². The number of oxime groups is 1. The molecule has 204 valence electrons. The first-order valence-corrected chi connectivity index (χ1v) is 11.8. The van der Waals surface area contributed by atoms with Gasteiger partial charge in [0.25, 0.3) is 0 Å². The van der Waals surface area contributed by atoms with Crippen molar-refractivity contribution in [2.45, 2.75) is 38.3 Å². The van der Waals surface area contributed by atoms with Crippen molar-refractivity contribution >= 4 is 17.9 Å². The van der Waals surface area contributed by atoms with Gasteiger partial charge in [-0.15, -0.1) is 0 Å². The molecule has 0 unspecified atom stereocenters. The molecule has 0 radical (unpaired) electrons. The highest BCUT2D eigenvalue weighted by Gasteiger charge is 2.33. The van der Waals surface area contributed by atoms with Gasteiger partial charge in [0.05, 0.1) is 12.1 Å². The van der Waals surface area contributed by atoms with Crippen LogP contribution in [0.2, 0.25) is 0 Å². The average molecular weight is 547 g/mol. The monoisotopic (exact) mass is 547 g/mol. The third-order valence-electron chi connectivity index (χ3n) is 6.22. The molecule has 3 heterocycles. The Morgan fingerprint density at radius 1 is 1.15 bits per heavy atom. The Hall–Kier alpha value is -4.29. The largest absolute Gasteiger partial charge is 0.433 e. The molecule has 1 fully saturated rings. The number of amides is 1. The molecular formula is C26H22F5N5O3. The Morgan fingerprint density at radius 3 is 2.49 bits per heavy atom. The second-order valence-electron chi connectivity index (χ2n) is 8.81. The molecule has 0 saturated carbocycles. The van der Waals surface area contributed by atoms with Gasteiger partial charge in [-0.3, -0.25) is 14.6 Å². The molecule has 39 heavy (non-hydrogen) atoms. The van der Waals surface area contributed by atoms with Gasteiger partial charge in [0.1, 0.15) is 23.2 Å². The predicted molar refractivity (Wildman–Crippen MR) is 128 cm³/mol. The summed E-state index contributed by atoms with van der Waals surface area (Å²) in [7, 11) is 0. The fourth-order valence-corrected chi connectivity index (χ4v) is 4.22. The zero-order chi connectivity index (χ0) is 28.2. The minimum atomic E-state index is -4.69. The second kappa shape index (κ2) is 11.6. The zero-order valence-electron chi connectivity index (χ0n) is 20.6. The second-order valence-corrected chi connectivity index (χ2v) is 8.81. The summed E-state index contributed by atoms with van der Waals surface area (Å²) in [4.78, 5) is 43.0. The van der Waals surface area contributed by atoms with Crippen molar-refractivity contribution in [3.63, 3.8) is 0 Å². The lowest BCUT2D eigenvalue weighted by atomic mass is 9.89. The summed E-state index contributed by atoms with van der Waals surface area (Å²) in [6, 6.07) is 5.23. The van der Waals surface area contributed by atoms with Gasteiger partial charge in [-0.25, -0.2) is 18.7 Å². The molecule has 4 rings (SSSR count). The molecule has 1 amide bonds. The van der Waals surface area contributed by atoms with E-state index in [0.717, 1.165) is 24.4 Å². The summed E-state index contributed by atoms with van der Waals surface area (Å²) in [6.07, 6.45) is -1.57. The van der Waals surface area contributed by atoms with E-state index in [1.807, 2.05) is 0 Å². The number of aromatic nitrogens is 3. The van der Waals surface area contributed by atoms with Crippen LogP contribution < -0.4 is 4.84 Å². The maximum atomic E-state index is 14.0. The molecule has 0 aliphatic carbocycles. The van der Waals surface area contributed by atoms with E-state index in [1.54, 1.807) is 6.92 Å². The van der Waals surface area contributed by atoms with Crippen LogP contribution in [0.1, 0.15) is 47.1 Å². The van der Waals surface area contributed by atoms with Crippen molar-refractivity contribution in [2.75, 3.05) is 13.1 Å². The first-order chi connectivity index (χ1) is 18.6. The lowest BCUT2D eigenvalue weighted by Crippen LogP contribution is -2.39. The van der Waals surface area contributed by atoms with Gasteiger partial charge in [0.15, 0.2) is 17.7 Å². The zero-order valence-corrected chi connectivity index (χ0v) is 20.6. The number of carbonyl (C=O) groups is 2. The number of rotatable bonds is 7. The van der Waals surface area contributed by atoms with Gasteiger partial charge in [0.2, 0.25) is 5.91 Å². The van der Waals surface area contributed by atoms with Crippen molar-refractivity contribution in [3.05, 3.63) is 82.7 Å². The minimum absolute atomic E-state index is 0.223. The molecule has 1 aliphatic rings. The molecule has 3 aromatic rings. The summed E-state index contributed by atoms with van der Waals surface area (Å²) in [6.45, 7) is 2.21. The Kier molecular flexibility index (Phi) is 8.27. The van der Waals surface area contributed by atoms with Crippen LogP contribution in [0.15, 0.2) is 47.9 Å². The normalized spacial score (nSPS) is 14.8. The number of nitrogens with zero attached hydrogens (tertiary/aromatic N) is 5. The van der Waals surface area contributed by atoms with Gasteiger partial charge >= 0.3 is 6.18 Å². The molecule has 1 aromatic carbocycles. The Balaban J connectivity index is 1.49. The number of pyridine rings is 1. The topological polar surface area (TPSA) is 97.6 Å². The molecule has 8 nitrogen and oxygen atoms in total. The molecule has 1 aliphatic heterocycles. The smallest absolute Gasteiger partial charge is 0.356 e. The Labute approximate surface area is 219 Å². The number of likely N-dealkylation sites (tertiary alicyclic amines) is 1. The van der Waals surface area contributed by atoms with Crippen molar-refractivity contribution in [3.8, 4) is 5.75 Å². The van der Waals surface area contributed by atoms with E-state index in [9.17, 15) is 31.5 Å². The summed E-state index contributed by atoms with van der Waals surface area (Å²) in [5.41, 5.74) is -0.999. The standard InChI is InChI=1S/C26H22F5N5O3/c1-15-33-13-19(22(14-37)35-39-17-5-8-32-23(11-17)26(29,30)31)25(34-15)16-6-9-36(10-7-16)24(38)12-18-20(27)3-2-4-21(18)28/h2-5,8,11,13-14,16H,6-7,9-10,12H2,1H3. The summed E-state index contributed by atoms with van der Waals surface area (Å²) in [5.74, 6) is -2.08. The van der Waals surface area contributed by atoms with Gasteiger partial charge in [0, 0.05) is 54.7 Å². The number of piperidine rings is 1. The van der Waals surface area contributed by atoms with Gasteiger partial charge in [-0.1, -0.05) is 11.2 Å².